The van der Waals surface area contributed by atoms with Gasteiger partial charge in [0.2, 0.25) is 0 Å². The summed E-state index contributed by atoms with van der Waals surface area (Å²) < 4.78 is 20.8. The Labute approximate surface area is 133 Å². The van der Waals surface area contributed by atoms with Crippen LogP contribution in [0.2, 0.25) is 0 Å². The second-order valence-electron chi connectivity index (χ2n) is 6.44. The van der Waals surface area contributed by atoms with E-state index in [0.717, 1.165) is 18.4 Å². The Morgan fingerprint density at radius 1 is 1.36 bits per heavy atom. The van der Waals surface area contributed by atoms with E-state index in [1.54, 1.807) is 6.21 Å². The largest absolute Gasteiger partial charge is 0.445 e. The van der Waals surface area contributed by atoms with Gasteiger partial charge in [-0.3, -0.25) is 0 Å². The summed E-state index contributed by atoms with van der Waals surface area (Å²) >= 11 is 0. The van der Waals surface area contributed by atoms with Gasteiger partial charge in [-0.15, -0.1) is 0 Å². The molecule has 0 aliphatic heterocycles. The summed E-state index contributed by atoms with van der Waals surface area (Å²) in [5.41, 5.74) is 0.444. The van der Waals surface area contributed by atoms with Crippen molar-refractivity contribution in [3.63, 3.8) is 0 Å². The molecule has 5 nitrogen and oxygen atoms in total. The number of alkyl carbamates (subject to hydrolysis) is 1. The number of carbonyl (C=O) groups excluding carboxylic acids is 1. The fourth-order valence-electron chi connectivity index (χ4n) is 1.69. The molecule has 1 aromatic rings. The summed E-state index contributed by atoms with van der Waals surface area (Å²) in [5.74, 6) is 0. The zero-order valence-electron chi connectivity index (χ0n) is 13.2. The maximum Gasteiger partial charge on any atom is 0.408 e. The van der Waals surface area contributed by atoms with Crippen LogP contribution in [-0.2, 0) is 22.3 Å². The number of carbonyl (C=O) groups is 1. The Kier molecular flexibility index (Phi) is 5.01. The number of benzene rings is 1. The molecule has 1 unspecified atom stereocenters. The molecule has 0 spiro atoms. The van der Waals surface area contributed by atoms with Gasteiger partial charge < -0.3 is 10.1 Å². The highest BCUT2D eigenvalue weighted by Gasteiger charge is 2.43. The van der Waals surface area contributed by atoms with E-state index in [-0.39, 0.29) is 6.61 Å². The zero-order valence-corrected chi connectivity index (χ0v) is 14.0. The van der Waals surface area contributed by atoms with Crippen molar-refractivity contribution in [3.05, 3.63) is 35.9 Å². The van der Waals surface area contributed by atoms with E-state index in [1.807, 2.05) is 51.1 Å². The van der Waals surface area contributed by atoms with E-state index in [0.29, 0.717) is 0 Å². The Morgan fingerprint density at radius 3 is 2.55 bits per heavy atom. The summed E-state index contributed by atoms with van der Waals surface area (Å²) in [4.78, 5) is 11.8. The van der Waals surface area contributed by atoms with E-state index in [9.17, 15) is 9.00 Å². The molecule has 1 aliphatic rings. The zero-order chi connectivity index (χ0) is 16.2. The van der Waals surface area contributed by atoms with Crippen molar-refractivity contribution >= 4 is 23.3 Å². The highest BCUT2D eigenvalue weighted by molar-refractivity contribution is 7.85. The average molecular weight is 322 g/mol. The van der Waals surface area contributed by atoms with E-state index < -0.39 is 27.4 Å². The van der Waals surface area contributed by atoms with E-state index >= 15 is 0 Å². The van der Waals surface area contributed by atoms with Crippen LogP contribution in [0.15, 0.2) is 34.7 Å². The molecule has 0 bridgehead atoms. The van der Waals surface area contributed by atoms with Gasteiger partial charge in [0.05, 0.1) is 10.3 Å². The number of rotatable bonds is 5. The molecule has 1 N–H and O–H groups in total. The van der Waals surface area contributed by atoms with Crippen LogP contribution >= 0.6 is 0 Å². The third kappa shape index (κ3) is 4.94. The van der Waals surface area contributed by atoms with Crippen LogP contribution in [0, 0.1) is 0 Å². The van der Waals surface area contributed by atoms with Crippen LogP contribution in [-0.4, -0.2) is 26.8 Å². The molecular weight excluding hydrogens is 300 g/mol. The maximum absolute atomic E-state index is 11.9. The lowest BCUT2D eigenvalue weighted by molar-refractivity contribution is 0.137. The molecule has 1 fully saturated rings. The Morgan fingerprint density at radius 2 is 2.00 bits per heavy atom. The second-order valence-corrected chi connectivity index (χ2v) is 8.37. The van der Waals surface area contributed by atoms with Crippen LogP contribution < -0.4 is 5.32 Å². The molecule has 2 rings (SSSR count). The number of nitrogens with one attached hydrogen (secondary N) is 1. The molecule has 0 aromatic heterocycles. The molecule has 120 valence electrons. The quantitative estimate of drug-likeness (QED) is 0.847. The predicted octanol–water partition coefficient (Wildman–Crippen LogP) is 2.98. The first kappa shape index (κ1) is 16.7. The minimum Gasteiger partial charge on any atom is -0.445 e. The van der Waals surface area contributed by atoms with Crippen molar-refractivity contribution in [2.75, 3.05) is 0 Å². The molecule has 1 saturated carbocycles. The molecule has 0 saturated heterocycles. The van der Waals surface area contributed by atoms with Gasteiger partial charge in [-0.2, -0.15) is 4.40 Å². The highest BCUT2D eigenvalue weighted by Crippen LogP contribution is 2.34. The van der Waals surface area contributed by atoms with Gasteiger partial charge in [0, 0.05) is 6.21 Å². The van der Waals surface area contributed by atoms with Crippen LogP contribution in [0.1, 0.15) is 39.2 Å². The van der Waals surface area contributed by atoms with Gasteiger partial charge in [-0.05, 0) is 39.2 Å². The van der Waals surface area contributed by atoms with Crippen molar-refractivity contribution in [2.45, 2.75) is 50.5 Å². The third-order valence-electron chi connectivity index (χ3n) is 3.27. The van der Waals surface area contributed by atoms with Crippen molar-refractivity contribution in [1.82, 2.24) is 5.32 Å². The Balaban J connectivity index is 1.83. The molecule has 1 atom stereocenters. The van der Waals surface area contributed by atoms with Gasteiger partial charge in [-0.25, -0.2) is 9.00 Å². The molecular formula is C16H22N2O3S. The van der Waals surface area contributed by atoms with E-state index in [1.165, 1.54) is 0 Å². The van der Waals surface area contributed by atoms with Crippen molar-refractivity contribution < 1.29 is 13.7 Å². The minimum atomic E-state index is -1.31. The summed E-state index contributed by atoms with van der Waals surface area (Å²) in [7, 11) is -1.31. The molecule has 1 aromatic carbocycles. The average Bonchev–Trinajstić information content (AvgIpc) is 3.22. The van der Waals surface area contributed by atoms with Crippen LogP contribution in [0.25, 0.3) is 0 Å². The standard InChI is InChI=1S/C16H22N2O3S/c1-15(2,3)22(20)17-12-16(9-10-16)18-14(19)21-11-13-7-5-4-6-8-13/h4-8,12H,9-11H2,1-3H3,(H,18,19). The van der Waals surface area contributed by atoms with Crippen molar-refractivity contribution in [3.8, 4) is 0 Å². The van der Waals surface area contributed by atoms with E-state index in [4.69, 9.17) is 4.74 Å². The fourth-order valence-corrected chi connectivity index (χ4v) is 2.30. The maximum atomic E-state index is 11.9. The molecule has 0 heterocycles. The van der Waals surface area contributed by atoms with Gasteiger partial charge in [0.25, 0.3) is 0 Å². The third-order valence-corrected chi connectivity index (χ3v) is 4.62. The monoisotopic (exact) mass is 322 g/mol. The normalized spacial score (nSPS) is 18.0. The molecule has 22 heavy (non-hydrogen) atoms. The number of amides is 1. The number of hydrogen-bond acceptors (Lipinski definition) is 3. The van der Waals surface area contributed by atoms with E-state index in [2.05, 4.69) is 9.71 Å². The highest BCUT2D eigenvalue weighted by atomic mass is 32.2. The lowest BCUT2D eigenvalue weighted by atomic mass is 10.2. The lowest BCUT2D eigenvalue weighted by Gasteiger charge is -2.15. The molecule has 6 heteroatoms. The van der Waals surface area contributed by atoms with Gasteiger partial charge >= 0.3 is 6.09 Å². The van der Waals surface area contributed by atoms with Crippen LogP contribution in [0.5, 0.6) is 0 Å². The van der Waals surface area contributed by atoms with Crippen molar-refractivity contribution in [1.29, 1.82) is 0 Å². The SMILES string of the molecule is CC(C)(C)S(=O)N=CC1(NC(=O)OCc2ccccc2)CC1. The first-order valence-corrected chi connectivity index (χ1v) is 8.38. The Bertz CT molecular complexity index is 575. The van der Waals surface area contributed by atoms with Crippen LogP contribution in [0.4, 0.5) is 4.79 Å². The summed E-state index contributed by atoms with van der Waals surface area (Å²) in [6, 6.07) is 9.50. The van der Waals surface area contributed by atoms with Crippen LogP contribution in [0.3, 0.4) is 0 Å². The van der Waals surface area contributed by atoms with Gasteiger partial charge in [0.15, 0.2) is 0 Å². The Hall–Kier alpha value is -1.69. The molecule has 1 amide bonds. The van der Waals surface area contributed by atoms with Gasteiger partial charge in [-0.1, -0.05) is 30.3 Å². The number of ether oxygens (including phenoxy) is 1. The van der Waals surface area contributed by atoms with Crippen molar-refractivity contribution in [2.24, 2.45) is 4.40 Å². The van der Waals surface area contributed by atoms with Gasteiger partial charge in [0.1, 0.15) is 17.6 Å². The molecule has 1 aliphatic carbocycles. The topological polar surface area (TPSA) is 67.8 Å². The molecule has 0 radical (unpaired) electrons. The number of hydrogen-bond donors (Lipinski definition) is 1. The minimum absolute atomic E-state index is 0.230. The fraction of sp³-hybridized carbons (Fsp3) is 0.500. The summed E-state index contributed by atoms with van der Waals surface area (Å²) in [6.45, 7) is 5.82. The number of nitrogens with zero attached hydrogens (tertiary/aromatic N) is 1. The smallest absolute Gasteiger partial charge is 0.408 e. The summed E-state index contributed by atoms with van der Waals surface area (Å²) in [5, 5.41) is 2.80. The first-order chi connectivity index (χ1) is 10.3. The summed E-state index contributed by atoms with van der Waals surface area (Å²) in [6.07, 6.45) is 2.70. The first-order valence-electron chi connectivity index (χ1n) is 7.27. The second kappa shape index (κ2) is 6.60. The predicted molar refractivity (Wildman–Crippen MR) is 88.1 cm³/mol. The lowest BCUT2D eigenvalue weighted by Crippen LogP contribution is -2.38.